The van der Waals surface area contributed by atoms with Gasteiger partial charge < -0.3 is 5.32 Å². The highest BCUT2D eigenvalue weighted by Crippen LogP contribution is 2.21. The van der Waals surface area contributed by atoms with Crippen LogP contribution in [0, 0.1) is 9.39 Å². The van der Waals surface area contributed by atoms with E-state index in [0.717, 1.165) is 28.6 Å². The number of hydrogen-bond donors (Lipinski definition) is 1. The van der Waals surface area contributed by atoms with Crippen LogP contribution in [0.4, 0.5) is 4.39 Å². The summed E-state index contributed by atoms with van der Waals surface area (Å²) in [5, 5.41) is 3.27. The van der Waals surface area contributed by atoms with Crippen molar-refractivity contribution in [1.29, 1.82) is 0 Å². The molecule has 1 aromatic carbocycles. The fourth-order valence-electron chi connectivity index (χ4n) is 1.51. The van der Waals surface area contributed by atoms with Crippen molar-refractivity contribution >= 4 is 22.6 Å². The molecule has 1 N–H and O–H groups in total. The summed E-state index contributed by atoms with van der Waals surface area (Å²) in [7, 11) is 0. The van der Waals surface area contributed by atoms with E-state index < -0.39 is 0 Å². The van der Waals surface area contributed by atoms with Crippen LogP contribution in [0.2, 0.25) is 0 Å². The summed E-state index contributed by atoms with van der Waals surface area (Å²) in [5.74, 6) is -0.111. The molecule has 0 aliphatic carbocycles. The monoisotopic (exact) mass is 277 g/mol. The Labute approximate surface area is 84.5 Å². The van der Waals surface area contributed by atoms with E-state index in [1.165, 1.54) is 5.56 Å². The van der Waals surface area contributed by atoms with Crippen LogP contribution in [0.3, 0.4) is 0 Å². The Morgan fingerprint density at radius 2 is 2.25 bits per heavy atom. The number of rotatable bonds is 0. The second kappa shape index (κ2) is 3.30. The zero-order valence-corrected chi connectivity index (χ0v) is 8.69. The Hall–Kier alpha value is -0.160. The number of fused-ring (bicyclic) bond motifs is 1. The normalized spacial score (nSPS) is 15.8. The largest absolute Gasteiger partial charge is 0.312 e. The van der Waals surface area contributed by atoms with Gasteiger partial charge in [-0.05, 0) is 58.8 Å². The molecule has 1 nitrogen and oxygen atoms in total. The molecule has 0 fully saturated rings. The van der Waals surface area contributed by atoms with Crippen molar-refractivity contribution in [2.75, 3.05) is 6.54 Å². The summed E-state index contributed by atoms with van der Waals surface area (Å²) in [4.78, 5) is 0. The molecule has 1 aromatic rings. The smallest absolute Gasteiger partial charge is 0.124 e. The molecule has 0 atom stereocenters. The lowest BCUT2D eigenvalue weighted by Gasteiger charge is -2.18. The predicted molar refractivity (Wildman–Crippen MR) is 54.5 cm³/mol. The van der Waals surface area contributed by atoms with Gasteiger partial charge in [0.2, 0.25) is 0 Å². The third kappa shape index (κ3) is 1.47. The molecule has 0 saturated carbocycles. The van der Waals surface area contributed by atoms with Gasteiger partial charge in [-0.15, -0.1) is 0 Å². The van der Waals surface area contributed by atoms with Crippen molar-refractivity contribution in [3.05, 3.63) is 32.6 Å². The molecule has 1 aliphatic heterocycles. The Bertz CT molecular complexity index is 312. The summed E-state index contributed by atoms with van der Waals surface area (Å²) in [6.07, 6.45) is 0.948. The van der Waals surface area contributed by atoms with Gasteiger partial charge in [-0.2, -0.15) is 0 Å². The van der Waals surface area contributed by atoms with Crippen LogP contribution in [-0.2, 0) is 13.0 Å². The molecule has 0 bridgehead atoms. The number of benzene rings is 1. The summed E-state index contributed by atoms with van der Waals surface area (Å²) >= 11 is 2.19. The van der Waals surface area contributed by atoms with Crippen molar-refractivity contribution in [2.45, 2.75) is 13.0 Å². The van der Waals surface area contributed by atoms with E-state index in [1.807, 2.05) is 0 Å². The van der Waals surface area contributed by atoms with Crippen molar-refractivity contribution in [3.63, 3.8) is 0 Å². The molecule has 0 unspecified atom stereocenters. The van der Waals surface area contributed by atoms with Gasteiger partial charge in [0.15, 0.2) is 0 Å². The molecule has 1 heterocycles. The van der Waals surface area contributed by atoms with Gasteiger partial charge in [-0.1, -0.05) is 0 Å². The number of hydrogen-bond acceptors (Lipinski definition) is 1. The summed E-state index contributed by atoms with van der Waals surface area (Å²) in [5.41, 5.74) is 2.43. The second-order valence-electron chi connectivity index (χ2n) is 2.95. The van der Waals surface area contributed by atoms with E-state index in [9.17, 15) is 4.39 Å². The fraction of sp³-hybridized carbons (Fsp3) is 0.333. The molecule has 3 heteroatoms. The summed E-state index contributed by atoms with van der Waals surface area (Å²) < 4.78 is 14.0. The molecule has 0 amide bonds. The molecule has 2 rings (SSSR count). The zero-order valence-electron chi connectivity index (χ0n) is 6.53. The minimum atomic E-state index is -0.111. The average Bonchev–Trinajstić information content (AvgIpc) is 2.04. The maximum absolute atomic E-state index is 12.9. The van der Waals surface area contributed by atoms with Crippen LogP contribution in [-0.4, -0.2) is 6.54 Å². The maximum Gasteiger partial charge on any atom is 0.124 e. The van der Waals surface area contributed by atoms with Crippen LogP contribution < -0.4 is 5.32 Å². The maximum atomic E-state index is 12.9. The van der Waals surface area contributed by atoms with Crippen molar-refractivity contribution in [1.82, 2.24) is 5.32 Å². The molecule has 0 saturated heterocycles. The first-order chi connectivity index (χ1) is 5.77. The number of halogens is 2. The van der Waals surface area contributed by atoms with Crippen LogP contribution in [0.15, 0.2) is 12.1 Å². The van der Waals surface area contributed by atoms with E-state index in [-0.39, 0.29) is 5.82 Å². The van der Waals surface area contributed by atoms with Crippen LogP contribution >= 0.6 is 22.6 Å². The Balaban J connectivity index is 2.53. The molecule has 0 radical (unpaired) electrons. The number of nitrogens with one attached hydrogen (secondary N) is 1. The molecular weight excluding hydrogens is 268 g/mol. The third-order valence-corrected chi connectivity index (χ3v) is 3.09. The van der Waals surface area contributed by atoms with Gasteiger partial charge in [-0.3, -0.25) is 0 Å². The standard InChI is InChI=1S/C9H9FIN/c10-7-3-6-1-2-12-5-8(6)9(11)4-7/h3-4,12H,1-2,5H2. The Morgan fingerprint density at radius 3 is 3.08 bits per heavy atom. The quantitative estimate of drug-likeness (QED) is 0.716. The lowest BCUT2D eigenvalue weighted by Crippen LogP contribution is -2.24. The minimum absolute atomic E-state index is 0.111. The molecule has 12 heavy (non-hydrogen) atoms. The van der Waals surface area contributed by atoms with Gasteiger partial charge >= 0.3 is 0 Å². The fourth-order valence-corrected chi connectivity index (χ4v) is 2.35. The minimum Gasteiger partial charge on any atom is -0.312 e. The Kier molecular flexibility index (Phi) is 2.32. The molecule has 1 aliphatic rings. The Morgan fingerprint density at radius 1 is 1.42 bits per heavy atom. The van der Waals surface area contributed by atoms with Crippen molar-refractivity contribution in [2.24, 2.45) is 0 Å². The van der Waals surface area contributed by atoms with Crippen LogP contribution in [0.5, 0.6) is 0 Å². The highest BCUT2D eigenvalue weighted by molar-refractivity contribution is 14.1. The van der Waals surface area contributed by atoms with E-state index >= 15 is 0 Å². The van der Waals surface area contributed by atoms with Gasteiger partial charge in [0.05, 0.1) is 0 Å². The van der Waals surface area contributed by atoms with Crippen LogP contribution in [0.25, 0.3) is 0 Å². The molecular formula is C9H9FIN. The SMILES string of the molecule is Fc1cc(I)c2c(c1)CCNC2. The summed E-state index contributed by atoms with van der Waals surface area (Å²) in [6, 6.07) is 3.24. The zero-order chi connectivity index (χ0) is 8.55. The van der Waals surface area contributed by atoms with E-state index in [4.69, 9.17) is 0 Å². The van der Waals surface area contributed by atoms with Gasteiger partial charge in [-0.25, -0.2) is 4.39 Å². The lowest BCUT2D eigenvalue weighted by molar-refractivity contribution is 0.603. The highest BCUT2D eigenvalue weighted by Gasteiger charge is 2.12. The second-order valence-corrected chi connectivity index (χ2v) is 4.11. The predicted octanol–water partition coefficient (Wildman–Crippen LogP) is 2.08. The van der Waals surface area contributed by atoms with Crippen molar-refractivity contribution < 1.29 is 4.39 Å². The van der Waals surface area contributed by atoms with E-state index in [0.29, 0.717) is 0 Å². The van der Waals surface area contributed by atoms with Gasteiger partial charge in [0.1, 0.15) is 5.82 Å². The first kappa shape index (κ1) is 8.44. The molecule has 0 aromatic heterocycles. The average molecular weight is 277 g/mol. The van der Waals surface area contributed by atoms with Gasteiger partial charge in [0.25, 0.3) is 0 Å². The first-order valence-corrected chi connectivity index (χ1v) is 5.03. The van der Waals surface area contributed by atoms with Gasteiger partial charge in [0, 0.05) is 10.1 Å². The summed E-state index contributed by atoms with van der Waals surface area (Å²) in [6.45, 7) is 1.85. The first-order valence-electron chi connectivity index (χ1n) is 3.95. The highest BCUT2D eigenvalue weighted by atomic mass is 127. The molecule has 0 spiro atoms. The third-order valence-electron chi connectivity index (χ3n) is 2.13. The lowest BCUT2D eigenvalue weighted by atomic mass is 10.0. The van der Waals surface area contributed by atoms with Crippen molar-refractivity contribution in [3.8, 4) is 0 Å². The van der Waals surface area contributed by atoms with E-state index in [2.05, 4.69) is 27.9 Å². The molecule has 64 valence electrons. The topological polar surface area (TPSA) is 12.0 Å². The van der Waals surface area contributed by atoms with Crippen LogP contribution in [0.1, 0.15) is 11.1 Å². The van der Waals surface area contributed by atoms with E-state index in [1.54, 1.807) is 12.1 Å².